The van der Waals surface area contributed by atoms with Crippen LogP contribution < -0.4 is 14.8 Å². The molecule has 2 amide bonds. The van der Waals surface area contributed by atoms with Crippen molar-refractivity contribution >= 4 is 17.7 Å². The first kappa shape index (κ1) is 28.5. The molecule has 3 aromatic carbocycles. The zero-order chi connectivity index (χ0) is 27.2. The molecule has 0 fully saturated rings. The second-order valence-electron chi connectivity index (χ2n) is 8.72. The maximum atomic E-state index is 13.1. The highest BCUT2D eigenvalue weighted by Gasteiger charge is 2.18. The number of anilines is 1. The molecule has 0 heterocycles. The molecule has 1 atom stereocenters. The highest BCUT2D eigenvalue weighted by atomic mass is 16.5. The maximum Gasteiger partial charge on any atom is 0.333 e. The lowest BCUT2D eigenvalue weighted by atomic mass is 10.1. The number of hydrogen-bond donors (Lipinski definition) is 2. The van der Waals surface area contributed by atoms with E-state index in [0.717, 1.165) is 18.4 Å². The minimum Gasteiger partial charge on any atom is -0.497 e. The molecule has 202 valence electrons. The van der Waals surface area contributed by atoms with Crippen LogP contribution in [0.1, 0.15) is 24.5 Å². The quantitative estimate of drug-likeness (QED) is 0.283. The molecule has 0 saturated heterocycles. The van der Waals surface area contributed by atoms with Crippen LogP contribution in [0.15, 0.2) is 78.9 Å². The molecule has 0 aliphatic heterocycles. The molecule has 0 saturated carbocycles. The van der Waals surface area contributed by atoms with E-state index in [4.69, 9.17) is 14.2 Å². The van der Waals surface area contributed by atoms with Crippen LogP contribution in [-0.4, -0.2) is 61.5 Å². The van der Waals surface area contributed by atoms with Crippen LogP contribution in [-0.2, 0) is 22.4 Å². The summed E-state index contributed by atoms with van der Waals surface area (Å²) in [6.07, 6.45) is 1.09. The van der Waals surface area contributed by atoms with Crippen LogP contribution in [0, 0.1) is 0 Å². The van der Waals surface area contributed by atoms with Crippen molar-refractivity contribution < 1.29 is 28.9 Å². The average molecular weight is 521 g/mol. The number of hydrogen-bond acceptors (Lipinski definition) is 5. The summed E-state index contributed by atoms with van der Waals surface area (Å²) in [6, 6.07) is 24.5. The lowest BCUT2D eigenvalue weighted by molar-refractivity contribution is -0.149. The molecular formula is C30H36N2O6. The number of carboxylic acids is 1. The Morgan fingerprint density at radius 2 is 1.68 bits per heavy atom. The molecule has 0 aliphatic carbocycles. The molecule has 8 heteroatoms. The largest absolute Gasteiger partial charge is 0.497 e. The van der Waals surface area contributed by atoms with Crippen molar-refractivity contribution in [1.29, 1.82) is 0 Å². The van der Waals surface area contributed by atoms with Crippen LogP contribution in [0.2, 0.25) is 0 Å². The van der Waals surface area contributed by atoms with E-state index in [9.17, 15) is 14.7 Å². The summed E-state index contributed by atoms with van der Waals surface area (Å²) in [6.45, 7) is 3.39. The molecule has 1 unspecified atom stereocenters. The number of carboxylic acid groups (broad SMARTS) is 1. The molecule has 3 aromatic rings. The second-order valence-corrected chi connectivity index (χ2v) is 8.72. The first-order valence-corrected chi connectivity index (χ1v) is 12.8. The molecule has 0 spiro atoms. The van der Waals surface area contributed by atoms with Crippen molar-refractivity contribution in [2.45, 2.75) is 32.3 Å². The molecule has 0 aliphatic rings. The van der Waals surface area contributed by atoms with Gasteiger partial charge in [0.25, 0.3) is 0 Å². The van der Waals surface area contributed by atoms with E-state index in [1.165, 1.54) is 5.56 Å². The number of nitrogens with zero attached hydrogens (tertiary/aromatic N) is 1. The lowest BCUT2D eigenvalue weighted by Gasteiger charge is -2.23. The minimum absolute atomic E-state index is 0.208. The van der Waals surface area contributed by atoms with E-state index in [1.54, 1.807) is 37.1 Å². The Hall–Kier alpha value is -4.04. The number of nitrogens with one attached hydrogen (secondary N) is 1. The van der Waals surface area contributed by atoms with Crippen molar-refractivity contribution in [2.24, 2.45) is 0 Å². The maximum absolute atomic E-state index is 13.1. The standard InChI is InChI=1S/C30H36N2O6/c1-3-37-28(29(33)34)21-24-14-16-26(17-15-24)38-20-19-32(18-8-11-23-9-5-4-6-10-23)30(35)31-25-12-7-13-27(22-25)36-2/h4-7,9-10,12-17,22,28H,3,8,11,18-21H2,1-2H3,(H,31,35)(H,33,34). The number of aliphatic carboxylic acids is 1. The monoisotopic (exact) mass is 520 g/mol. The third kappa shape index (κ3) is 9.44. The van der Waals surface area contributed by atoms with Crippen LogP contribution in [0.4, 0.5) is 10.5 Å². The molecule has 3 rings (SSSR count). The predicted octanol–water partition coefficient (Wildman–Crippen LogP) is 5.27. The molecule has 0 bridgehead atoms. The SMILES string of the molecule is CCOC(Cc1ccc(OCCN(CCCc2ccccc2)C(=O)Nc2cccc(OC)c2)cc1)C(=O)O. The Bertz CT molecular complexity index is 1140. The molecule has 0 aromatic heterocycles. The van der Waals surface area contributed by atoms with E-state index >= 15 is 0 Å². The van der Waals surface area contributed by atoms with E-state index in [-0.39, 0.29) is 12.5 Å². The van der Waals surface area contributed by atoms with Crippen molar-refractivity contribution in [3.63, 3.8) is 0 Å². The molecule has 2 N–H and O–H groups in total. The normalized spacial score (nSPS) is 11.4. The predicted molar refractivity (Wildman–Crippen MR) is 147 cm³/mol. The van der Waals surface area contributed by atoms with Gasteiger partial charge in [-0.05, 0) is 55.2 Å². The molecule has 8 nitrogen and oxygen atoms in total. The van der Waals surface area contributed by atoms with Gasteiger partial charge in [0, 0.05) is 31.3 Å². The first-order valence-electron chi connectivity index (χ1n) is 12.8. The van der Waals surface area contributed by atoms with Crippen molar-refractivity contribution in [3.8, 4) is 11.5 Å². The van der Waals surface area contributed by atoms with Gasteiger partial charge in [-0.2, -0.15) is 0 Å². The summed E-state index contributed by atoms with van der Waals surface area (Å²) in [4.78, 5) is 26.2. The van der Waals surface area contributed by atoms with Gasteiger partial charge in [0.05, 0.1) is 13.7 Å². The van der Waals surface area contributed by atoms with Gasteiger partial charge in [0.1, 0.15) is 18.1 Å². The summed E-state index contributed by atoms with van der Waals surface area (Å²) in [7, 11) is 1.59. The fourth-order valence-electron chi connectivity index (χ4n) is 3.97. The van der Waals surface area contributed by atoms with Gasteiger partial charge in [-0.3, -0.25) is 0 Å². The number of benzene rings is 3. The van der Waals surface area contributed by atoms with Crippen LogP contribution in [0.3, 0.4) is 0 Å². The average Bonchev–Trinajstić information content (AvgIpc) is 2.93. The summed E-state index contributed by atoms with van der Waals surface area (Å²) >= 11 is 0. The molecule has 38 heavy (non-hydrogen) atoms. The first-order chi connectivity index (χ1) is 18.5. The number of methoxy groups -OCH3 is 1. The fraction of sp³-hybridized carbons (Fsp3) is 0.333. The Morgan fingerprint density at radius 1 is 0.921 bits per heavy atom. The van der Waals surface area contributed by atoms with Crippen molar-refractivity contribution in [1.82, 2.24) is 4.90 Å². The third-order valence-corrected chi connectivity index (χ3v) is 5.96. The van der Waals surface area contributed by atoms with Gasteiger partial charge in [-0.15, -0.1) is 0 Å². The summed E-state index contributed by atoms with van der Waals surface area (Å²) in [5.41, 5.74) is 2.73. The molecular weight excluding hydrogens is 484 g/mol. The number of ether oxygens (including phenoxy) is 3. The summed E-state index contributed by atoms with van der Waals surface area (Å²) < 4.78 is 16.4. The van der Waals surface area contributed by atoms with Gasteiger partial charge >= 0.3 is 12.0 Å². The third-order valence-electron chi connectivity index (χ3n) is 5.96. The number of carbonyl (C=O) groups is 2. The lowest BCUT2D eigenvalue weighted by Crippen LogP contribution is -2.38. The highest BCUT2D eigenvalue weighted by molar-refractivity contribution is 5.89. The van der Waals surface area contributed by atoms with E-state index < -0.39 is 12.1 Å². The number of urea groups is 1. The van der Waals surface area contributed by atoms with Crippen molar-refractivity contribution in [3.05, 3.63) is 90.0 Å². The van der Waals surface area contributed by atoms with Gasteiger partial charge < -0.3 is 29.5 Å². The second kappa shape index (κ2) is 15.3. The van der Waals surface area contributed by atoms with E-state index in [0.29, 0.717) is 43.5 Å². The minimum atomic E-state index is -0.980. The Kier molecular flexibility index (Phi) is 11.5. The summed E-state index contributed by atoms with van der Waals surface area (Å²) in [5.74, 6) is 0.336. The topological polar surface area (TPSA) is 97.3 Å². The van der Waals surface area contributed by atoms with E-state index in [2.05, 4.69) is 17.4 Å². The zero-order valence-electron chi connectivity index (χ0n) is 22.0. The van der Waals surface area contributed by atoms with Gasteiger partial charge in [-0.25, -0.2) is 9.59 Å². The summed E-state index contributed by atoms with van der Waals surface area (Å²) in [5, 5.41) is 12.2. The Labute approximate surface area is 224 Å². The highest BCUT2D eigenvalue weighted by Crippen LogP contribution is 2.18. The zero-order valence-corrected chi connectivity index (χ0v) is 22.0. The Balaban J connectivity index is 1.57. The van der Waals surface area contributed by atoms with Gasteiger partial charge in [-0.1, -0.05) is 48.5 Å². The number of rotatable bonds is 15. The smallest absolute Gasteiger partial charge is 0.333 e. The number of aryl methyl sites for hydroxylation is 1. The van der Waals surface area contributed by atoms with Crippen LogP contribution in [0.25, 0.3) is 0 Å². The van der Waals surface area contributed by atoms with Gasteiger partial charge in [0.15, 0.2) is 6.10 Å². The van der Waals surface area contributed by atoms with Crippen LogP contribution in [0.5, 0.6) is 11.5 Å². The Morgan fingerprint density at radius 3 is 2.37 bits per heavy atom. The molecule has 0 radical (unpaired) electrons. The van der Waals surface area contributed by atoms with Crippen molar-refractivity contribution in [2.75, 3.05) is 38.7 Å². The number of carbonyl (C=O) groups excluding carboxylic acids is 1. The fourth-order valence-corrected chi connectivity index (χ4v) is 3.97. The van der Waals surface area contributed by atoms with E-state index in [1.807, 2.05) is 48.5 Å². The van der Waals surface area contributed by atoms with Crippen LogP contribution >= 0.6 is 0 Å². The number of amides is 2. The van der Waals surface area contributed by atoms with Gasteiger partial charge in [0.2, 0.25) is 0 Å².